The number of nitrogens with zero attached hydrogens (tertiary/aromatic N) is 3. The third-order valence-electron chi connectivity index (χ3n) is 2.76. The minimum Gasteiger partial charge on any atom is -0.337 e. The summed E-state index contributed by atoms with van der Waals surface area (Å²) in [6.07, 6.45) is 3.75. The summed E-state index contributed by atoms with van der Waals surface area (Å²) in [7, 11) is 0. The highest BCUT2D eigenvalue weighted by molar-refractivity contribution is 6.30. The number of pyridine rings is 1. The van der Waals surface area contributed by atoms with Crippen molar-refractivity contribution in [3.8, 4) is 11.5 Å². The smallest absolute Gasteiger partial charge is 0.244 e. The van der Waals surface area contributed by atoms with Crippen molar-refractivity contribution in [1.82, 2.24) is 20.4 Å². The molecule has 1 unspecified atom stereocenters. The van der Waals surface area contributed by atoms with Crippen molar-refractivity contribution in [1.29, 1.82) is 0 Å². The van der Waals surface area contributed by atoms with Crippen LogP contribution >= 0.6 is 11.6 Å². The van der Waals surface area contributed by atoms with Crippen LogP contribution in [0.25, 0.3) is 11.5 Å². The van der Waals surface area contributed by atoms with Crippen LogP contribution in [0.15, 0.2) is 22.9 Å². The predicted octanol–water partition coefficient (Wildman–Crippen LogP) is 2.21. The molecule has 0 aromatic carbocycles. The van der Waals surface area contributed by atoms with Gasteiger partial charge in [0, 0.05) is 6.20 Å². The van der Waals surface area contributed by atoms with E-state index >= 15 is 0 Å². The van der Waals surface area contributed by atoms with Gasteiger partial charge in [0.15, 0.2) is 0 Å². The average Bonchev–Trinajstić information content (AvgIpc) is 3.00. The fraction of sp³-hybridized carbons (Fsp3) is 0.364. The van der Waals surface area contributed by atoms with Crippen LogP contribution in [0.2, 0.25) is 5.02 Å². The first-order valence-corrected chi connectivity index (χ1v) is 5.89. The molecule has 1 fully saturated rings. The zero-order valence-electron chi connectivity index (χ0n) is 9.06. The Bertz CT molecular complexity index is 504. The van der Waals surface area contributed by atoms with Crippen LogP contribution in [0.3, 0.4) is 0 Å². The van der Waals surface area contributed by atoms with Crippen LogP contribution in [0.4, 0.5) is 0 Å². The van der Waals surface area contributed by atoms with Crippen molar-refractivity contribution >= 4 is 11.6 Å². The number of nitrogens with one attached hydrogen (secondary N) is 1. The number of rotatable bonds is 2. The molecule has 0 spiro atoms. The molecule has 5 nitrogen and oxygen atoms in total. The Labute approximate surface area is 103 Å². The largest absolute Gasteiger partial charge is 0.337 e. The van der Waals surface area contributed by atoms with Gasteiger partial charge in [-0.05, 0) is 31.5 Å². The number of halogens is 1. The summed E-state index contributed by atoms with van der Waals surface area (Å²) in [6.45, 7) is 1.00. The fourth-order valence-corrected chi connectivity index (χ4v) is 2.00. The molecule has 1 aliphatic rings. The van der Waals surface area contributed by atoms with E-state index in [0.717, 1.165) is 19.4 Å². The summed E-state index contributed by atoms with van der Waals surface area (Å²) in [6, 6.07) is 3.72. The summed E-state index contributed by atoms with van der Waals surface area (Å²) in [5.74, 6) is 1.14. The Morgan fingerprint density at radius 3 is 3.06 bits per heavy atom. The van der Waals surface area contributed by atoms with Gasteiger partial charge in [-0.15, -0.1) is 0 Å². The van der Waals surface area contributed by atoms with E-state index in [2.05, 4.69) is 20.4 Å². The molecule has 17 heavy (non-hydrogen) atoms. The van der Waals surface area contributed by atoms with E-state index in [1.807, 2.05) is 0 Å². The van der Waals surface area contributed by atoms with Crippen LogP contribution in [-0.2, 0) is 0 Å². The topological polar surface area (TPSA) is 63.8 Å². The highest BCUT2D eigenvalue weighted by Gasteiger charge is 2.22. The average molecular weight is 251 g/mol. The molecule has 0 bridgehead atoms. The standard InChI is InChI=1S/C11H11ClN4O/c12-7-3-4-8(14-6-7)10-15-11(17-16-10)9-2-1-5-13-9/h3-4,6,9,13H,1-2,5H2. The molecule has 1 N–H and O–H groups in total. The normalized spacial score (nSPS) is 19.7. The van der Waals surface area contributed by atoms with Crippen LogP contribution in [0, 0.1) is 0 Å². The van der Waals surface area contributed by atoms with Gasteiger partial charge < -0.3 is 9.84 Å². The first kappa shape index (κ1) is 10.7. The molecule has 3 rings (SSSR count). The van der Waals surface area contributed by atoms with Gasteiger partial charge in [-0.2, -0.15) is 4.98 Å². The van der Waals surface area contributed by atoms with E-state index in [1.165, 1.54) is 0 Å². The summed E-state index contributed by atoms with van der Waals surface area (Å²) < 4.78 is 5.24. The van der Waals surface area contributed by atoms with Gasteiger partial charge in [0.2, 0.25) is 11.7 Å². The van der Waals surface area contributed by atoms with Crippen molar-refractivity contribution in [2.45, 2.75) is 18.9 Å². The first-order valence-electron chi connectivity index (χ1n) is 5.52. The summed E-state index contributed by atoms with van der Waals surface area (Å²) in [4.78, 5) is 8.50. The Balaban J connectivity index is 1.86. The molecule has 0 radical (unpaired) electrons. The second kappa shape index (κ2) is 4.43. The van der Waals surface area contributed by atoms with Crippen LogP contribution in [-0.4, -0.2) is 21.7 Å². The molecule has 88 valence electrons. The molecule has 0 aliphatic carbocycles. The minimum absolute atomic E-state index is 0.184. The molecular weight excluding hydrogens is 240 g/mol. The quantitative estimate of drug-likeness (QED) is 0.885. The molecule has 1 saturated heterocycles. The zero-order valence-corrected chi connectivity index (χ0v) is 9.81. The second-order valence-electron chi connectivity index (χ2n) is 3.97. The lowest BCUT2D eigenvalue weighted by Crippen LogP contribution is -2.12. The monoisotopic (exact) mass is 250 g/mol. The van der Waals surface area contributed by atoms with Gasteiger partial charge in [0.25, 0.3) is 0 Å². The van der Waals surface area contributed by atoms with Crippen molar-refractivity contribution in [3.05, 3.63) is 29.2 Å². The van der Waals surface area contributed by atoms with Crippen molar-refractivity contribution in [2.75, 3.05) is 6.54 Å². The third kappa shape index (κ3) is 2.16. The third-order valence-corrected chi connectivity index (χ3v) is 2.98. The summed E-state index contributed by atoms with van der Waals surface area (Å²) >= 11 is 5.77. The highest BCUT2D eigenvalue weighted by atomic mass is 35.5. The molecule has 3 heterocycles. The second-order valence-corrected chi connectivity index (χ2v) is 4.40. The molecule has 0 saturated carbocycles. The molecule has 6 heteroatoms. The van der Waals surface area contributed by atoms with Crippen molar-refractivity contribution < 1.29 is 4.52 Å². The van der Waals surface area contributed by atoms with Gasteiger partial charge in [-0.25, -0.2) is 0 Å². The lowest BCUT2D eigenvalue weighted by molar-refractivity contribution is 0.345. The SMILES string of the molecule is Clc1ccc(-c2noc(C3CCCN3)n2)nc1. The van der Waals surface area contributed by atoms with Crippen molar-refractivity contribution in [3.63, 3.8) is 0 Å². The first-order chi connectivity index (χ1) is 8.33. The number of aromatic nitrogens is 3. The predicted molar refractivity (Wildman–Crippen MR) is 62.5 cm³/mol. The highest BCUT2D eigenvalue weighted by Crippen LogP contribution is 2.23. The van der Waals surface area contributed by atoms with E-state index in [0.29, 0.717) is 22.4 Å². The molecule has 2 aromatic rings. The Hall–Kier alpha value is -1.46. The Morgan fingerprint density at radius 2 is 2.35 bits per heavy atom. The molecule has 0 amide bonds. The molecule has 2 aromatic heterocycles. The van der Waals surface area contributed by atoms with Gasteiger partial charge in [-0.1, -0.05) is 16.8 Å². The van der Waals surface area contributed by atoms with Crippen LogP contribution in [0.5, 0.6) is 0 Å². The lowest BCUT2D eigenvalue weighted by Gasteiger charge is -2.01. The minimum atomic E-state index is 0.184. The fourth-order valence-electron chi connectivity index (χ4n) is 1.88. The maximum Gasteiger partial charge on any atom is 0.244 e. The van der Waals surface area contributed by atoms with Crippen molar-refractivity contribution in [2.24, 2.45) is 0 Å². The summed E-state index contributed by atoms with van der Waals surface area (Å²) in [5.41, 5.74) is 0.669. The summed E-state index contributed by atoms with van der Waals surface area (Å²) in [5, 5.41) is 7.83. The maximum absolute atomic E-state index is 5.77. The van der Waals surface area contributed by atoms with E-state index in [9.17, 15) is 0 Å². The molecule has 1 aliphatic heterocycles. The van der Waals surface area contributed by atoms with E-state index in [-0.39, 0.29) is 6.04 Å². The van der Waals surface area contributed by atoms with Crippen LogP contribution in [0.1, 0.15) is 24.8 Å². The Kier molecular flexibility index (Phi) is 2.78. The van der Waals surface area contributed by atoms with Crippen LogP contribution < -0.4 is 5.32 Å². The number of hydrogen-bond donors (Lipinski definition) is 1. The Morgan fingerprint density at radius 1 is 1.41 bits per heavy atom. The molecular formula is C11H11ClN4O. The van der Waals surface area contributed by atoms with Gasteiger partial charge >= 0.3 is 0 Å². The molecule has 1 atom stereocenters. The van der Waals surface area contributed by atoms with E-state index < -0.39 is 0 Å². The van der Waals surface area contributed by atoms with Gasteiger partial charge in [0.05, 0.1) is 11.1 Å². The number of hydrogen-bond acceptors (Lipinski definition) is 5. The van der Waals surface area contributed by atoms with Gasteiger partial charge in [-0.3, -0.25) is 4.98 Å². The van der Waals surface area contributed by atoms with Gasteiger partial charge in [0.1, 0.15) is 5.69 Å². The lowest BCUT2D eigenvalue weighted by atomic mass is 10.2. The maximum atomic E-state index is 5.77. The zero-order chi connectivity index (χ0) is 11.7. The van der Waals surface area contributed by atoms with E-state index in [4.69, 9.17) is 16.1 Å². The van der Waals surface area contributed by atoms with E-state index in [1.54, 1.807) is 18.3 Å².